The average Bonchev–Trinajstić information content (AvgIpc) is 2.51. The van der Waals surface area contributed by atoms with Gasteiger partial charge in [0.05, 0.1) is 0 Å². The van der Waals surface area contributed by atoms with E-state index in [0.29, 0.717) is 0 Å². The first-order valence-corrected chi connectivity index (χ1v) is 10.0. The Morgan fingerprint density at radius 1 is 1.05 bits per heavy atom. The summed E-state index contributed by atoms with van der Waals surface area (Å²) in [7, 11) is 0. The van der Waals surface area contributed by atoms with Crippen LogP contribution < -0.4 is 5.32 Å². The molecule has 2 atom stereocenters. The number of nitrogens with zero attached hydrogens (tertiary/aromatic N) is 1. The molecule has 0 spiro atoms. The van der Waals surface area contributed by atoms with E-state index >= 15 is 0 Å². The molecule has 20 heavy (non-hydrogen) atoms. The summed E-state index contributed by atoms with van der Waals surface area (Å²) >= 11 is 2.15. The van der Waals surface area contributed by atoms with Crippen LogP contribution in [0.3, 0.4) is 0 Å². The lowest BCUT2D eigenvalue weighted by molar-refractivity contribution is 0.0875. The predicted octanol–water partition coefficient (Wildman–Crippen LogP) is 3.37. The summed E-state index contributed by atoms with van der Waals surface area (Å²) in [5.74, 6) is 4.73. The molecule has 0 bridgehead atoms. The van der Waals surface area contributed by atoms with Crippen LogP contribution in [0.1, 0.15) is 51.9 Å². The third-order valence-corrected chi connectivity index (χ3v) is 6.83. The second kappa shape index (κ2) is 7.51. The second-order valence-electron chi connectivity index (χ2n) is 7.27. The Bertz CT molecular complexity index is 285. The van der Waals surface area contributed by atoms with Gasteiger partial charge in [-0.15, -0.1) is 0 Å². The SMILES string of the molecule is CC1CNC(C2CCCCC2)CN1CC1CCSCC1. The van der Waals surface area contributed by atoms with Crippen molar-refractivity contribution in [1.82, 2.24) is 10.2 Å². The molecule has 0 amide bonds. The van der Waals surface area contributed by atoms with Crippen LogP contribution in [0.5, 0.6) is 0 Å². The lowest BCUT2D eigenvalue weighted by atomic mass is 9.82. The normalized spacial score (nSPS) is 35.2. The maximum absolute atomic E-state index is 3.86. The van der Waals surface area contributed by atoms with Crippen molar-refractivity contribution in [2.75, 3.05) is 31.1 Å². The van der Waals surface area contributed by atoms with Crippen molar-refractivity contribution in [3.63, 3.8) is 0 Å². The summed E-state index contributed by atoms with van der Waals surface area (Å²) < 4.78 is 0. The fourth-order valence-corrected chi connectivity index (χ4v) is 5.52. The Morgan fingerprint density at radius 2 is 1.80 bits per heavy atom. The fourth-order valence-electron chi connectivity index (χ4n) is 4.32. The van der Waals surface area contributed by atoms with E-state index in [1.54, 1.807) is 0 Å². The summed E-state index contributed by atoms with van der Waals surface area (Å²) in [5.41, 5.74) is 0. The Hall–Kier alpha value is 0.270. The molecular formula is C17H32N2S. The molecule has 3 aliphatic rings. The van der Waals surface area contributed by atoms with Gasteiger partial charge in [0.15, 0.2) is 0 Å². The zero-order valence-corrected chi connectivity index (χ0v) is 14.0. The minimum Gasteiger partial charge on any atom is -0.311 e. The van der Waals surface area contributed by atoms with Crippen molar-refractivity contribution in [1.29, 1.82) is 0 Å². The van der Waals surface area contributed by atoms with E-state index in [9.17, 15) is 0 Å². The zero-order chi connectivity index (χ0) is 13.8. The van der Waals surface area contributed by atoms with E-state index in [1.165, 1.54) is 76.1 Å². The molecule has 2 saturated heterocycles. The quantitative estimate of drug-likeness (QED) is 0.859. The van der Waals surface area contributed by atoms with Crippen LogP contribution in [0.15, 0.2) is 0 Å². The molecule has 0 aromatic rings. The fraction of sp³-hybridized carbons (Fsp3) is 1.00. The van der Waals surface area contributed by atoms with Gasteiger partial charge >= 0.3 is 0 Å². The standard InChI is InChI=1S/C17H32N2S/c1-14-11-18-17(16-5-3-2-4-6-16)13-19(14)12-15-7-9-20-10-8-15/h14-18H,2-13H2,1H3. The molecule has 1 saturated carbocycles. The van der Waals surface area contributed by atoms with Gasteiger partial charge in [-0.1, -0.05) is 19.3 Å². The molecule has 2 aliphatic heterocycles. The van der Waals surface area contributed by atoms with Gasteiger partial charge in [0, 0.05) is 31.7 Å². The van der Waals surface area contributed by atoms with Crippen LogP contribution in [0.25, 0.3) is 0 Å². The van der Waals surface area contributed by atoms with Gasteiger partial charge in [-0.05, 0) is 55.9 Å². The summed E-state index contributed by atoms with van der Waals surface area (Å²) in [5, 5.41) is 3.86. The van der Waals surface area contributed by atoms with Gasteiger partial charge in [-0.3, -0.25) is 4.90 Å². The van der Waals surface area contributed by atoms with Crippen molar-refractivity contribution in [2.45, 2.75) is 64.0 Å². The van der Waals surface area contributed by atoms with E-state index in [-0.39, 0.29) is 0 Å². The van der Waals surface area contributed by atoms with E-state index in [1.807, 2.05) is 0 Å². The maximum Gasteiger partial charge on any atom is 0.0224 e. The predicted molar refractivity (Wildman–Crippen MR) is 89.4 cm³/mol. The van der Waals surface area contributed by atoms with E-state index in [0.717, 1.165) is 23.9 Å². The largest absolute Gasteiger partial charge is 0.311 e. The molecule has 1 aliphatic carbocycles. The molecule has 1 N–H and O–H groups in total. The first kappa shape index (κ1) is 15.2. The monoisotopic (exact) mass is 296 g/mol. The summed E-state index contributed by atoms with van der Waals surface area (Å²) in [6.07, 6.45) is 10.3. The third kappa shape index (κ3) is 3.92. The van der Waals surface area contributed by atoms with Gasteiger partial charge in [-0.2, -0.15) is 11.8 Å². The molecule has 2 heterocycles. The first-order valence-electron chi connectivity index (χ1n) is 8.88. The van der Waals surface area contributed by atoms with Crippen LogP contribution in [0.2, 0.25) is 0 Å². The number of hydrogen-bond acceptors (Lipinski definition) is 3. The minimum atomic E-state index is 0.740. The molecule has 2 unspecified atom stereocenters. The van der Waals surface area contributed by atoms with E-state index < -0.39 is 0 Å². The molecule has 3 rings (SSSR count). The number of piperazine rings is 1. The lowest BCUT2D eigenvalue weighted by Gasteiger charge is -2.44. The van der Waals surface area contributed by atoms with Gasteiger partial charge in [0.1, 0.15) is 0 Å². The Balaban J connectivity index is 1.52. The van der Waals surface area contributed by atoms with Gasteiger partial charge < -0.3 is 5.32 Å². The number of thioether (sulfide) groups is 1. The van der Waals surface area contributed by atoms with Crippen molar-refractivity contribution >= 4 is 11.8 Å². The van der Waals surface area contributed by atoms with Crippen LogP contribution in [-0.2, 0) is 0 Å². The topological polar surface area (TPSA) is 15.3 Å². The second-order valence-corrected chi connectivity index (χ2v) is 8.50. The van der Waals surface area contributed by atoms with Crippen molar-refractivity contribution in [3.05, 3.63) is 0 Å². The molecule has 3 fully saturated rings. The van der Waals surface area contributed by atoms with Crippen molar-refractivity contribution in [3.8, 4) is 0 Å². The molecule has 0 aromatic carbocycles. The van der Waals surface area contributed by atoms with Gasteiger partial charge in [-0.25, -0.2) is 0 Å². The Morgan fingerprint density at radius 3 is 2.55 bits per heavy atom. The molecule has 116 valence electrons. The molecule has 0 aromatic heterocycles. The van der Waals surface area contributed by atoms with Crippen molar-refractivity contribution < 1.29 is 0 Å². The molecule has 3 heteroatoms. The van der Waals surface area contributed by atoms with Crippen LogP contribution in [-0.4, -0.2) is 48.1 Å². The Labute approximate surface area is 129 Å². The third-order valence-electron chi connectivity index (χ3n) is 5.78. The number of rotatable bonds is 3. The highest BCUT2D eigenvalue weighted by atomic mass is 32.2. The van der Waals surface area contributed by atoms with Crippen LogP contribution >= 0.6 is 11.8 Å². The zero-order valence-electron chi connectivity index (χ0n) is 13.2. The van der Waals surface area contributed by atoms with E-state index in [2.05, 4.69) is 28.9 Å². The molecule has 2 nitrogen and oxygen atoms in total. The van der Waals surface area contributed by atoms with Crippen molar-refractivity contribution in [2.24, 2.45) is 11.8 Å². The lowest BCUT2D eigenvalue weighted by Crippen LogP contribution is -2.58. The van der Waals surface area contributed by atoms with Gasteiger partial charge in [0.25, 0.3) is 0 Å². The average molecular weight is 297 g/mol. The summed E-state index contributed by atoms with van der Waals surface area (Å²) in [6.45, 7) is 6.31. The highest BCUT2D eigenvalue weighted by Gasteiger charge is 2.32. The smallest absolute Gasteiger partial charge is 0.0224 e. The molecular weight excluding hydrogens is 264 g/mol. The van der Waals surface area contributed by atoms with E-state index in [4.69, 9.17) is 0 Å². The highest BCUT2D eigenvalue weighted by Crippen LogP contribution is 2.30. The first-order chi connectivity index (χ1) is 9.83. The van der Waals surface area contributed by atoms with Crippen LogP contribution in [0.4, 0.5) is 0 Å². The summed E-state index contributed by atoms with van der Waals surface area (Å²) in [6, 6.07) is 1.52. The minimum absolute atomic E-state index is 0.740. The van der Waals surface area contributed by atoms with Gasteiger partial charge in [0.2, 0.25) is 0 Å². The number of nitrogens with one attached hydrogen (secondary N) is 1. The maximum atomic E-state index is 3.86. The summed E-state index contributed by atoms with van der Waals surface area (Å²) in [4.78, 5) is 2.82. The molecule has 0 radical (unpaired) electrons. The number of hydrogen-bond donors (Lipinski definition) is 1. The van der Waals surface area contributed by atoms with Crippen LogP contribution in [0, 0.1) is 11.8 Å². The highest BCUT2D eigenvalue weighted by molar-refractivity contribution is 7.99. The Kier molecular flexibility index (Phi) is 5.70.